The number of hydrogen-bond acceptors (Lipinski definition) is 3. The highest BCUT2D eigenvalue weighted by Gasteiger charge is 2.37. The molecule has 0 bridgehead atoms. The van der Waals surface area contributed by atoms with Gasteiger partial charge in [0.15, 0.2) is 0 Å². The Morgan fingerprint density at radius 2 is 1.77 bits per heavy atom. The smallest absolute Gasteiger partial charge is 0.253 e. The average molecular weight is 319 g/mol. The van der Waals surface area contributed by atoms with Gasteiger partial charge in [0.25, 0.3) is 11.9 Å². The summed E-state index contributed by atoms with van der Waals surface area (Å²) in [5.74, 6) is -5.78. The van der Waals surface area contributed by atoms with E-state index >= 15 is 0 Å². The molecule has 1 aromatic rings. The Kier molecular flexibility index (Phi) is 4.94. The molecule has 2 unspecified atom stereocenters. The van der Waals surface area contributed by atoms with E-state index in [9.17, 15) is 17.6 Å². The van der Waals surface area contributed by atoms with E-state index in [1.54, 1.807) is 0 Å². The summed E-state index contributed by atoms with van der Waals surface area (Å²) in [5.41, 5.74) is -1.09. The number of aromatic nitrogens is 1. The maximum Gasteiger partial charge on any atom is 0.253 e. The van der Waals surface area contributed by atoms with Crippen molar-refractivity contribution >= 4 is 5.69 Å². The third-order valence-electron chi connectivity index (χ3n) is 4.61. The lowest BCUT2D eigenvalue weighted by Gasteiger charge is -2.45. The van der Waals surface area contributed by atoms with Crippen LogP contribution in [-0.2, 0) is 0 Å². The first-order chi connectivity index (χ1) is 10.3. The fourth-order valence-electron chi connectivity index (χ4n) is 3.25. The SMILES string of the molecule is CC1CCCC(CNc2c(F)c(F)nc(F)c2F)(N(C)C)C1. The second-order valence-corrected chi connectivity index (χ2v) is 6.37. The number of likely N-dealkylation sites (N-methyl/N-ethyl adjacent to an activating group) is 1. The van der Waals surface area contributed by atoms with E-state index in [0.29, 0.717) is 5.92 Å². The average Bonchev–Trinajstić information content (AvgIpc) is 2.45. The van der Waals surface area contributed by atoms with E-state index in [0.717, 1.165) is 25.7 Å². The Hall–Kier alpha value is -1.37. The zero-order chi connectivity index (χ0) is 16.5. The van der Waals surface area contributed by atoms with Gasteiger partial charge in [0.05, 0.1) is 0 Å². The molecule has 1 N–H and O–H groups in total. The Labute approximate surface area is 127 Å². The molecule has 1 aliphatic rings. The van der Waals surface area contributed by atoms with E-state index < -0.39 is 29.2 Å². The summed E-state index contributed by atoms with van der Waals surface area (Å²) in [6, 6.07) is 0. The summed E-state index contributed by atoms with van der Waals surface area (Å²) >= 11 is 0. The van der Waals surface area contributed by atoms with Gasteiger partial charge in [-0.3, -0.25) is 0 Å². The molecule has 2 atom stereocenters. The van der Waals surface area contributed by atoms with Gasteiger partial charge in [-0.05, 0) is 32.9 Å². The van der Waals surface area contributed by atoms with Crippen molar-refractivity contribution < 1.29 is 17.6 Å². The summed E-state index contributed by atoms with van der Waals surface area (Å²) in [7, 11) is 3.81. The van der Waals surface area contributed by atoms with Gasteiger partial charge >= 0.3 is 0 Å². The molecule has 124 valence electrons. The van der Waals surface area contributed by atoms with Crippen LogP contribution in [0.15, 0.2) is 0 Å². The van der Waals surface area contributed by atoms with Crippen molar-refractivity contribution in [2.24, 2.45) is 5.92 Å². The first kappa shape index (κ1) is 17.0. The Morgan fingerprint density at radius 1 is 1.18 bits per heavy atom. The van der Waals surface area contributed by atoms with Gasteiger partial charge in [-0.1, -0.05) is 19.8 Å². The van der Waals surface area contributed by atoms with Crippen molar-refractivity contribution in [1.29, 1.82) is 0 Å². The molecule has 0 aromatic carbocycles. The third-order valence-corrected chi connectivity index (χ3v) is 4.61. The molecule has 2 rings (SSSR count). The van der Waals surface area contributed by atoms with Crippen LogP contribution in [-0.4, -0.2) is 36.1 Å². The van der Waals surface area contributed by atoms with Crippen LogP contribution in [0.5, 0.6) is 0 Å². The minimum atomic E-state index is -1.64. The first-order valence-electron chi connectivity index (χ1n) is 7.38. The summed E-state index contributed by atoms with van der Waals surface area (Å²) in [4.78, 5) is 4.57. The first-order valence-corrected chi connectivity index (χ1v) is 7.38. The molecule has 0 spiro atoms. The summed E-state index contributed by atoms with van der Waals surface area (Å²) < 4.78 is 53.7. The van der Waals surface area contributed by atoms with Gasteiger partial charge < -0.3 is 10.2 Å². The highest BCUT2D eigenvalue weighted by atomic mass is 19.2. The second-order valence-electron chi connectivity index (χ2n) is 6.37. The van der Waals surface area contributed by atoms with E-state index in [2.05, 4.69) is 17.2 Å². The van der Waals surface area contributed by atoms with Gasteiger partial charge in [-0.2, -0.15) is 22.5 Å². The monoisotopic (exact) mass is 319 g/mol. The molecule has 1 aliphatic carbocycles. The maximum atomic E-state index is 13.7. The molecule has 7 heteroatoms. The molecule has 22 heavy (non-hydrogen) atoms. The van der Waals surface area contributed by atoms with Crippen LogP contribution >= 0.6 is 0 Å². The van der Waals surface area contributed by atoms with Gasteiger partial charge in [0, 0.05) is 12.1 Å². The standard InChI is InChI=1S/C15H21F4N3/c1-9-5-4-6-15(7-9,22(2)3)8-20-12-10(16)13(18)21-14(19)11(12)17/h9H,4-8H2,1-3H3,(H,20,21). The zero-order valence-electron chi connectivity index (χ0n) is 13.0. The summed E-state index contributed by atoms with van der Waals surface area (Å²) in [6.07, 6.45) is 3.82. The van der Waals surface area contributed by atoms with E-state index in [1.807, 2.05) is 19.0 Å². The Balaban J connectivity index is 2.24. The largest absolute Gasteiger partial charge is 0.378 e. The number of anilines is 1. The molecule has 0 amide bonds. The summed E-state index contributed by atoms with van der Waals surface area (Å²) in [6.45, 7) is 2.34. The highest BCUT2D eigenvalue weighted by Crippen LogP contribution is 2.36. The van der Waals surface area contributed by atoms with Crippen molar-refractivity contribution in [3.63, 3.8) is 0 Å². The minimum Gasteiger partial charge on any atom is -0.378 e. The quantitative estimate of drug-likeness (QED) is 0.679. The van der Waals surface area contributed by atoms with Crippen LogP contribution in [0.25, 0.3) is 0 Å². The van der Waals surface area contributed by atoms with E-state index in [-0.39, 0.29) is 12.1 Å². The lowest BCUT2D eigenvalue weighted by molar-refractivity contribution is 0.0880. The van der Waals surface area contributed by atoms with Crippen LogP contribution in [0.1, 0.15) is 32.6 Å². The molecule has 0 saturated heterocycles. The minimum absolute atomic E-state index is 0.209. The van der Waals surface area contributed by atoms with Crippen LogP contribution in [0, 0.1) is 29.4 Å². The highest BCUT2D eigenvalue weighted by molar-refractivity contribution is 5.45. The second kappa shape index (κ2) is 6.40. The summed E-state index contributed by atoms with van der Waals surface area (Å²) in [5, 5.41) is 2.56. The number of rotatable bonds is 4. The molecule has 1 heterocycles. The van der Waals surface area contributed by atoms with Crippen molar-refractivity contribution in [3.05, 3.63) is 23.5 Å². The van der Waals surface area contributed by atoms with Gasteiger partial charge in [0.1, 0.15) is 5.69 Å². The fraction of sp³-hybridized carbons (Fsp3) is 0.667. The topological polar surface area (TPSA) is 28.2 Å². The van der Waals surface area contributed by atoms with Crippen LogP contribution < -0.4 is 5.32 Å². The van der Waals surface area contributed by atoms with E-state index in [1.165, 1.54) is 0 Å². The molecular formula is C15H21F4N3. The Morgan fingerprint density at radius 3 is 2.27 bits per heavy atom. The van der Waals surface area contributed by atoms with Gasteiger partial charge in [0.2, 0.25) is 11.6 Å². The van der Waals surface area contributed by atoms with Gasteiger partial charge in [-0.15, -0.1) is 0 Å². The van der Waals surface area contributed by atoms with Crippen molar-refractivity contribution in [2.45, 2.75) is 38.1 Å². The zero-order valence-corrected chi connectivity index (χ0v) is 13.0. The normalized spacial score (nSPS) is 25.5. The number of nitrogens with zero attached hydrogens (tertiary/aromatic N) is 2. The number of halogens is 4. The molecule has 1 fully saturated rings. The lowest BCUT2D eigenvalue weighted by Crippen LogP contribution is -2.52. The number of hydrogen-bond donors (Lipinski definition) is 1. The third kappa shape index (κ3) is 3.19. The lowest BCUT2D eigenvalue weighted by atomic mass is 9.75. The van der Waals surface area contributed by atoms with Crippen LogP contribution in [0.4, 0.5) is 23.2 Å². The van der Waals surface area contributed by atoms with Crippen LogP contribution in [0.2, 0.25) is 0 Å². The van der Waals surface area contributed by atoms with Crippen molar-refractivity contribution in [2.75, 3.05) is 26.0 Å². The van der Waals surface area contributed by atoms with Crippen molar-refractivity contribution in [1.82, 2.24) is 9.88 Å². The Bertz CT molecular complexity index is 524. The number of nitrogens with one attached hydrogen (secondary N) is 1. The molecule has 1 aromatic heterocycles. The predicted molar refractivity (Wildman–Crippen MR) is 76.6 cm³/mol. The molecule has 0 aliphatic heterocycles. The molecule has 1 saturated carbocycles. The fourth-order valence-corrected chi connectivity index (χ4v) is 3.25. The van der Waals surface area contributed by atoms with Crippen LogP contribution in [0.3, 0.4) is 0 Å². The maximum absolute atomic E-state index is 13.7. The molecular weight excluding hydrogens is 298 g/mol. The van der Waals surface area contributed by atoms with Crippen molar-refractivity contribution in [3.8, 4) is 0 Å². The van der Waals surface area contributed by atoms with E-state index in [4.69, 9.17) is 0 Å². The molecule has 0 radical (unpaired) electrons. The predicted octanol–water partition coefficient (Wildman–Crippen LogP) is 3.56. The van der Waals surface area contributed by atoms with Gasteiger partial charge in [-0.25, -0.2) is 0 Å². The number of pyridine rings is 1. The molecule has 3 nitrogen and oxygen atoms in total.